The number of carbonyl (C=O) groups excluding carboxylic acids is 2. The molecule has 2 unspecified atom stereocenters. The first kappa shape index (κ1) is 23.8. The number of amides is 2. The summed E-state index contributed by atoms with van der Waals surface area (Å²) >= 11 is 0. The highest BCUT2D eigenvalue weighted by Crippen LogP contribution is 2.14. The van der Waals surface area contributed by atoms with Gasteiger partial charge in [0.25, 0.3) is 0 Å². The van der Waals surface area contributed by atoms with Crippen LogP contribution in [0.2, 0.25) is 0 Å². The highest BCUT2D eigenvalue weighted by molar-refractivity contribution is 5.77. The van der Waals surface area contributed by atoms with Gasteiger partial charge in [-0.15, -0.1) is 0 Å². The van der Waals surface area contributed by atoms with Crippen molar-refractivity contribution in [3.05, 3.63) is 0 Å². The van der Waals surface area contributed by atoms with Crippen LogP contribution >= 0.6 is 0 Å². The smallest absolute Gasteiger partial charge is 0.221 e. The zero-order valence-corrected chi connectivity index (χ0v) is 17.7. The lowest BCUT2D eigenvalue weighted by atomic mass is 9.98. The van der Waals surface area contributed by atoms with E-state index in [1.54, 1.807) is 0 Å². The summed E-state index contributed by atoms with van der Waals surface area (Å²) < 4.78 is 0. The lowest BCUT2D eigenvalue weighted by molar-refractivity contribution is -0.123. The van der Waals surface area contributed by atoms with E-state index in [1.165, 1.54) is 26.2 Å². The quantitative estimate of drug-likeness (QED) is 0.640. The second-order valence-electron chi connectivity index (χ2n) is 8.26. The molecule has 0 spiro atoms. The zero-order valence-electron chi connectivity index (χ0n) is 17.7. The topological polar surface area (TPSA) is 99.1 Å². The van der Waals surface area contributed by atoms with Crippen molar-refractivity contribution in [2.45, 2.75) is 19.3 Å². The number of likely N-dealkylation sites (tertiary alicyclic amines) is 2. The third kappa shape index (κ3) is 10.0. The van der Waals surface area contributed by atoms with Gasteiger partial charge in [-0.3, -0.25) is 9.59 Å². The molecule has 2 amide bonds. The van der Waals surface area contributed by atoms with Crippen molar-refractivity contribution in [1.82, 2.24) is 19.6 Å². The van der Waals surface area contributed by atoms with Crippen LogP contribution in [0.5, 0.6) is 0 Å². The van der Waals surface area contributed by atoms with Crippen LogP contribution in [0.25, 0.3) is 0 Å². The summed E-state index contributed by atoms with van der Waals surface area (Å²) in [7, 11) is 8.37. The third-order valence-electron chi connectivity index (χ3n) is 5.55. The third-order valence-corrected chi connectivity index (χ3v) is 5.55. The van der Waals surface area contributed by atoms with Crippen molar-refractivity contribution in [1.29, 1.82) is 0 Å². The van der Waals surface area contributed by atoms with Gasteiger partial charge in [0.2, 0.25) is 11.8 Å². The van der Waals surface area contributed by atoms with Crippen molar-refractivity contribution in [2.75, 3.05) is 80.5 Å². The number of nitrogens with zero attached hydrogens (tertiary/aromatic N) is 4. The first-order valence-electron chi connectivity index (χ1n) is 10.0. The summed E-state index contributed by atoms with van der Waals surface area (Å²) in [5, 5.41) is 0. The molecule has 27 heavy (non-hydrogen) atoms. The summed E-state index contributed by atoms with van der Waals surface area (Å²) in [5.74, 6) is -0.0975. The summed E-state index contributed by atoms with van der Waals surface area (Å²) in [6.45, 7) is 8.72. The van der Waals surface area contributed by atoms with Gasteiger partial charge in [-0.1, -0.05) is 0 Å². The van der Waals surface area contributed by atoms with Crippen molar-refractivity contribution in [3.8, 4) is 0 Å². The van der Waals surface area contributed by atoms with Crippen LogP contribution in [-0.4, -0.2) is 112 Å². The fourth-order valence-electron chi connectivity index (χ4n) is 3.47. The van der Waals surface area contributed by atoms with E-state index in [0.717, 1.165) is 45.4 Å². The van der Waals surface area contributed by atoms with Gasteiger partial charge in [-0.2, -0.15) is 0 Å². The van der Waals surface area contributed by atoms with E-state index in [0.29, 0.717) is 0 Å². The lowest BCUT2D eigenvalue weighted by Crippen LogP contribution is -2.42. The minimum absolute atomic E-state index is 0.0961. The number of likely N-dealkylation sites (N-methyl/N-ethyl adjacent to an activating group) is 2. The molecule has 3 saturated heterocycles. The molecule has 3 rings (SSSR count). The molecular weight excluding hydrogens is 344 g/mol. The average Bonchev–Trinajstić information content (AvgIpc) is 3.05. The molecule has 0 aromatic carbocycles. The van der Waals surface area contributed by atoms with E-state index in [4.69, 9.17) is 11.5 Å². The molecule has 0 aromatic heterocycles. The minimum atomic E-state index is -0.153. The van der Waals surface area contributed by atoms with E-state index in [1.807, 2.05) is 14.1 Å². The summed E-state index contributed by atoms with van der Waals surface area (Å²) in [5.41, 5.74) is 10.3. The zero-order chi connectivity index (χ0) is 20.4. The van der Waals surface area contributed by atoms with Crippen LogP contribution in [0.3, 0.4) is 0 Å². The molecule has 158 valence electrons. The van der Waals surface area contributed by atoms with Gasteiger partial charge in [0.1, 0.15) is 0 Å². The second kappa shape index (κ2) is 12.3. The fourth-order valence-corrected chi connectivity index (χ4v) is 3.47. The predicted molar refractivity (Wildman–Crippen MR) is 109 cm³/mol. The van der Waals surface area contributed by atoms with E-state index >= 15 is 0 Å². The maximum absolute atomic E-state index is 10.7. The Bertz CT molecular complexity index is 443. The van der Waals surface area contributed by atoms with Gasteiger partial charge >= 0.3 is 0 Å². The summed E-state index contributed by atoms with van der Waals surface area (Å²) in [6, 6.07) is 0. The Balaban J connectivity index is 0.000000204. The summed E-state index contributed by atoms with van der Waals surface area (Å²) in [6.07, 6.45) is 3.01. The Morgan fingerprint density at radius 3 is 1.33 bits per heavy atom. The van der Waals surface area contributed by atoms with E-state index in [-0.39, 0.29) is 23.7 Å². The standard InChI is InChI=1S/C7H14N2O.C6H12N2O.C6H14N2/c1-9-4-2-3-6(5-9)7(8)10;1-8-3-2-5(4-8)6(7)9;1-7-3-5-8(2)6-4-7/h6H,2-5H2,1H3,(H2,8,10);5H,2-4H2,1H3,(H2,7,9);3-6H2,1-2H3. The molecule has 8 heteroatoms. The number of rotatable bonds is 2. The fraction of sp³-hybridized carbons (Fsp3) is 0.895. The van der Waals surface area contributed by atoms with Crippen LogP contribution < -0.4 is 11.5 Å². The largest absolute Gasteiger partial charge is 0.369 e. The van der Waals surface area contributed by atoms with E-state index < -0.39 is 0 Å². The van der Waals surface area contributed by atoms with Crippen LogP contribution in [-0.2, 0) is 9.59 Å². The van der Waals surface area contributed by atoms with Gasteiger partial charge in [0, 0.05) is 39.3 Å². The van der Waals surface area contributed by atoms with Gasteiger partial charge < -0.3 is 31.1 Å². The molecule has 4 N–H and O–H groups in total. The number of carbonyl (C=O) groups is 2. The Labute approximate surface area is 164 Å². The van der Waals surface area contributed by atoms with Gasteiger partial charge in [0.15, 0.2) is 0 Å². The SMILES string of the molecule is CN1CCC(C(N)=O)C1.CN1CCCC(C(N)=O)C1.CN1CCN(C)CC1. The van der Waals surface area contributed by atoms with Crippen molar-refractivity contribution >= 4 is 11.8 Å². The number of hydrogen-bond acceptors (Lipinski definition) is 6. The first-order chi connectivity index (χ1) is 12.7. The van der Waals surface area contributed by atoms with E-state index in [9.17, 15) is 9.59 Å². The molecule has 8 nitrogen and oxygen atoms in total. The highest BCUT2D eigenvalue weighted by Gasteiger charge is 2.23. The Morgan fingerprint density at radius 2 is 1.04 bits per heavy atom. The number of primary amides is 2. The Morgan fingerprint density at radius 1 is 0.630 bits per heavy atom. The Hall–Kier alpha value is -1.22. The molecule has 0 radical (unpaired) electrons. The summed E-state index contributed by atoms with van der Waals surface area (Å²) in [4.78, 5) is 30.2. The normalized spacial score (nSPS) is 27.9. The number of nitrogens with two attached hydrogens (primary N) is 2. The molecule has 3 heterocycles. The highest BCUT2D eigenvalue weighted by atomic mass is 16.1. The Kier molecular flexibility index (Phi) is 10.8. The van der Waals surface area contributed by atoms with Crippen LogP contribution in [0.4, 0.5) is 0 Å². The van der Waals surface area contributed by atoms with Crippen LogP contribution in [0.1, 0.15) is 19.3 Å². The number of hydrogen-bond donors (Lipinski definition) is 2. The van der Waals surface area contributed by atoms with Crippen LogP contribution in [0, 0.1) is 11.8 Å². The molecule has 2 atom stereocenters. The van der Waals surface area contributed by atoms with Crippen LogP contribution in [0.15, 0.2) is 0 Å². The second-order valence-corrected chi connectivity index (χ2v) is 8.26. The molecule has 3 aliphatic rings. The monoisotopic (exact) mass is 384 g/mol. The molecule has 0 aliphatic carbocycles. The van der Waals surface area contributed by atoms with Gasteiger partial charge in [0.05, 0.1) is 11.8 Å². The molecular formula is C19H40N6O2. The van der Waals surface area contributed by atoms with E-state index in [2.05, 4.69) is 33.7 Å². The molecule has 0 aromatic rings. The molecule has 0 bridgehead atoms. The maximum Gasteiger partial charge on any atom is 0.221 e. The van der Waals surface area contributed by atoms with Gasteiger partial charge in [-0.05, 0) is 60.5 Å². The minimum Gasteiger partial charge on any atom is -0.369 e. The number of piperidine rings is 1. The lowest BCUT2D eigenvalue weighted by Gasteiger charge is -2.28. The van der Waals surface area contributed by atoms with Crippen molar-refractivity contribution < 1.29 is 9.59 Å². The predicted octanol–water partition coefficient (Wildman–Crippen LogP) is -0.899. The molecule has 3 fully saturated rings. The first-order valence-corrected chi connectivity index (χ1v) is 10.0. The molecule has 3 aliphatic heterocycles. The average molecular weight is 385 g/mol. The molecule has 0 saturated carbocycles. The van der Waals surface area contributed by atoms with Gasteiger partial charge in [-0.25, -0.2) is 0 Å². The number of piperazine rings is 1. The van der Waals surface area contributed by atoms with Crippen molar-refractivity contribution in [2.24, 2.45) is 23.3 Å². The van der Waals surface area contributed by atoms with Crippen molar-refractivity contribution in [3.63, 3.8) is 0 Å². The maximum atomic E-state index is 10.7.